The molecule has 2 N–H and O–H groups in total. The summed E-state index contributed by atoms with van der Waals surface area (Å²) in [6.07, 6.45) is 2.17. The van der Waals surface area contributed by atoms with Crippen LogP contribution in [0.5, 0.6) is 0 Å². The zero-order chi connectivity index (χ0) is 26.1. The summed E-state index contributed by atoms with van der Waals surface area (Å²) in [5, 5.41) is 23.1. The SMILES string of the molecule is CC(=O)O[C@H]1C[C@@H](O)C(C)(C)[C@@H]2C[C@@H](O)[C@]3(C)[C@H](CC[C@@]4(C)[C@@H](c5ccoc5)OC(=O)[C@H]5O[C@@]534)[C@@]12C. The molecule has 0 bridgehead atoms. The van der Waals surface area contributed by atoms with Crippen LogP contribution < -0.4 is 0 Å². The van der Waals surface area contributed by atoms with Gasteiger partial charge in [-0.15, -0.1) is 0 Å². The highest BCUT2D eigenvalue weighted by molar-refractivity contribution is 5.82. The minimum absolute atomic E-state index is 0.0932. The number of ether oxygens (including phenoxy) is 3. The lowest BCUT2D eigenvalue weighted by molar-refractivity contribution is -0.295. The summed E-state index contributed by atoms with van der Waals surface area (Å²) in [6.45, 7) is 11.8. The largest absolute Gasteiger partial charge is 0.472 e. The second kappa shape index (κ2) is 7.14. The Bertz CT molecular complexity index is 1100. The Morgan fingerprint density at radius 3 is 2.42 bits per heavy atom. The van der Waals surface area contributed by atoms with Crippen LogP contribution in [0.2, 0.25) is 0 Å². The maximum atomic E-state index is 13.2. The van der Waals surface area contributed by atoms with Crippen molar-refractivity contribution >= 4 is 11.9 Å². The third-order valence-electron chi connectivity index (χ3n) is 11.7. The fourth-order valence-corrected chi connectivity index (χ4v) is 9.83. The molecule has 1 spiro atoms. The number of esters is 2. The molecule has 6 rings (SSSR count). The van der Waals surface area contributed by atoms with Gasteiger partial charge in [0, 0.05) is 35.2 Å². The highest BCUT2D eigenvalue weighted by Crippen LogP contribution is 2.80. The molecule has 3 saturated carbocycles. The lowest BCUT2D eigenvalue weighted by Gasteiger charge is -2.71. The van der Waals surface area contributed by atoms with Crippen molar-refractivity contribution in [2.75, 3.05) is 0 Å². The minimum Gasteiger partial charge on any atom is -0.472 e. The number of carbonyl (C=O) groups is 2. The monoisotopic (exact) mass is 502 g/mol. The molecular weight excluding hydrogens is 464 g/mol. The topological polar surface area (TPSA) is 119 Å². The maximum absolute atomic E-state index is 13.2. The number of hydrogen-bond acceptors (Lipinski definition) is 8. The second-order valence-corrected chi connectivity index (χ2v) is 13.2. The number of aliphatic hydroxyl groups excluding tert-OH is 2. The lowest BCUT2D eigenvalue weighted by Crippen LogP contribution is -2.75. The van der Waals surface area contributed by atoms with E-state index >= 15 is 0 Å². The molecule has 3 aliphatic carbocycles. The van der Waals surface area contributed by atoms with E-state index in [9.17, 15) is 19.8 Å². The van der Waals surface area contributed by atoms with E-state index in [0.29, 0.717) is 19.3 Å². The molecule has 0 unspecified atom stereocenters. The van der Waals surface area contributed by atoms with Gasteiger partial charge in [-0.1, -0.05) is 34.6 Å². The van der Waals surface area contributed by atoms with E-state index in [0.717, 1.165) is 12.0 Å². The van der Waals surface area contributed by atoms with Gasteiger partial charge >= 0.3 is 11.9 Å². The highest BCUT2D eigenvalue weighted by atomic mass is 16.7. The van der Waals surface area contributed by atoms with Crippen LogP contribution in [0.15, 0.2) is 23.0 Å². The fourth-order valence-electron chi connectivity index (χ4n) is 9.83. The van der Waals surface area contributed by atoms with Gasteiger partial charge in [-0.2, -0.15) is 0 Å². The summed E-state index contributed by atoms with van der Waals surface area (Å²) in [7, 11) is 0. The van der Waals surface area contributed by atoms with Gasteiger partial charge in [0.25, 0.3) is 0 Å². The first-order chi connectivity index (χ1) is 16.8. The molecule has 1 aromatic rings. The lowest BCUT2D eigenvalue weighted by atomic mass is 9.34. The van der Waals surface area contributed by atoms with Crippen molar-refractivity contribution < 1.29 is 38.4 Å². The van der Waals surface area contributed by atoms with Crippen LogP contribution >= 0.6 is 0 Å². The summed E-state index contributed by atoms with van der Waals surface area (Å²) in [6, 6.07) is 1.82. The van der Waals surface area contributed by atoms with Crippen molar-refractivity contribution in [2.24, 2.45) is 33.5 Å². The molecule has 198 valence electrons. The Balaban J connectivity index is 1.51. The Labute approximate surface area is 211 Å². The van der Waals surface area contributed by atoms with Crippen LogP contribution in [-0.2, 0) is 23.8 Å². The summed E-state index contributed by atoms with van der Waals surface area (Å²) in [4.78, 5) is 25.4. The van der Waals surface area contributed by atoms with Crippen molar-refractivity contribution in [2.45, 2.75) is 103 Å². The molecule has 0 aromatic carbocycles. The zero-order valence-electron chi connectivity index (χ0n) is 21.9. The van der Waals surface area contributed by atoms with Crippen molar-refractivity contribution in [3.8, 4) is 0 Å². The first-order valence-electron chi connectivity index (χ1n) is 13.2. The Hall–Kier alpha value is -1.90. The number of fused-ring (bicyclic) bond motifs is 3. The van der Waals surface area contributed by atoms with E-state index in [1.54, 1.807) is 12.5 Å². The molecule has 0 amide bonds. The molecule has 8 nitrogen and oxygen atoms in total. The first-order valence-corrected chi connectivity index (χ1v) is 13.2. The molecule has 2 saturated heterocycles. The summed E-state index contributed by atoms with van der Waals surface area (Å²) in [5.41, 5.74) is -2.52. The number of hydrogen-bond donors (Lipinski definition) is 2. The van der Waals surface area contributed by atoms with E-state index in [2.05, 4.69) is 34.6 Å². The number of epoxide rings is 1. The number of furan rings is 1. The van der Waals surface area contributed by atoms with Crippen molar-refractivity contribution in [1.29, 1.82) is 0 Å². The van der Waals surface area contributed by atoms with Crippen LogP contribution in [0.4, 0.5) is 0 Å². The smallest absolute Gasteiger partial charge is 0.339 e. The van der Waals surface area contributed by atoms with Gasteiger partial charge in [0.1, 0.15) is 17.8 Å². The van der Waals surface area contributed by atoms with E-state index in [1.165, 1.54) is 6.92 Å². The van der Waals surface area contributed by atoms with Crippen LogP contribution in [0.1, 0.15) is 78.9 Å². The van der Waals surface area contributed by atoms with E-state index < -0.39 is 63.8 Å². The predicted octanol–water partition coefficient (Wildman–Crippen LogP) is 3.55. The average Bonchev–Trinajstić information content (AvgIpc) is 3.37. The molecule has 0 radical (unpaired) electrons. The fraction of sp³-hybridized carbons (Fsp3) is 0.786. The van der Waals surface area contributed by atoms with Gasteiger partial charge in [-0.3, -0.25) is 4.79 Å². The van der Waals surface area contributed by atoms with Crippen LogP contribution in [0.3, 0.4) is 0 Å². The Morgan fingerprint density at radius 2 is 1.78 bits per heavy atom. The van der Waals surface area contributed by atoms with E-state index in [1.807, 2.05) is 6.07 Å². The zero-order valence-corrected chi connectivity index (χ0v) is 21.9. The first kappa shape index (κ1) is 24.4. The van der Waals surface area contributed by atoms with Gasteiger partial charge in [-0.05, 0) is 42.6 Å². The molecule has 2 aliphatic heterocycles. The molecule has 5 aliphatic rings. The Kier molecular flexibility index (Phi) is 4.85. The van der Waals surface area contributed by atoms with Gasteiger partial charge in [0.15, 0.2) is 6.10 Å². The number of carbonyl (C=O) groups excluding carboxylic acids is 2. The number of aliphatic hydroxyl groups is 2. The van der Waals surface area contributed by atoms with Gasteiger partial charge in [-0.25, -0.2) is 4.79 Å². The van der Waals surface area contributed by atoms with E-state index in [-0.39, 0.29) is 17.8 Å². The summed E-state index contributed by atoms with van der Waals surface area (Å²) < 4.78 is 23.7. The Morgan fingerprint density at radius 1 is 1.06 bits per heavy atom. The summed E-state index contributed by atoms with van der Waals surface area (Å²) in [5.74, 6) is -0.982. The number of cyclic esters (lactones) is 1. The molecule has 1 aromatic heterocycles. The molecule has 3 heterocycles. The van der Waals surface area contributed by atoms with Gasteiger partial charge in [0.05, 0.1) is 24.7 Å². The molecule has 11 atom stereocenters. The van der Waals surface area contributed by atoms with Crippen LogP contribution in [0.25, 0.3) is 0 Å². The van der Waals surface area contributed by atoms with E-state index in [4.69, 9.17) is 18.6 Å². The van der Waals surface area contributed by atoms with Gasteiger partial charge < -0.3 is 28.8 Å². The van der Waals surface area contributed by atoms with Gasteiger partial charge in [0.2, 0.25) is 0 Å². The normalized spacial score (nSPS) is 52.7. The highest BCUT2D eigenvalue weighted by Gasteiger charge is 2.88. The quantitative estimate of drug-likeness (QED) is 0.466. The second-order valence-electron chi connectivity index (χ2n) is 13.2. The third kappa shape index (κ3) is 2.56. The molecule has 5 fully saturated rings. The number of rotatable bonds is 2. The van der Waals surface area contributed by atoms with Crippen molar-refractivity contribution in [3.05, 3.63) is 24.2 Å². The summed E-state index contributed by atoms with van der Waals surface area (Å²) >= 11 is 0. The third-order valence-corrected chi connectivity index (χ3v) is 11.7. The van der Waals surface area contributed by atoms with Crippen LogP contribution in [0, 0.1) is 33.5 Å². The van der Waals surface area contributed by atoms with Crippen molar-refractivity contribution in [3.63, 3.8) is 0 Å². The van der Waals surface area contributed by atoms with Crippen LogP contribution in [-0.4, -0.2) is 52.2 Å². The van der Waals surface area contributed by atoms with Crippen molar-refractivity contribution in [1.82, 2.24) is 0 Å². The standard InChI is InChI=1S/C28H38O8/c1-14(29)34-20-12-18(30)24(2,3)17-11-19(31)27(6)16(26(17,20)5)7-9-25(4)21(15-8-10-33-13-15)35-23(32)22-28(25,27)36-22/h8,10,13,16-22,30-31H,7,9,11-12H2,1-6H3/t16-,17+,18-,19-,20+,21-,22-,25+,26-,27+,28-/m1/s1. The molecule has 36 heavy (non-hydrogen) atoms. The maximum Gasteiger partial charge on any atom is 0.339 e. The molecule has 8 heteroatoms. The predicted molar refractivity (Wildman–Crippen MR) is 126 cm³/mol. The minimum atomic E-state index is -0.922. The average molecular weight is 503 g/mol. The molecular formula is C28H38O8.